The van der Waals surface area contributed by atoms with Crippen molar-refractivity contribution in [3.8, 4) is 6.07 Å². The van der Waals surface area contributed by atoms with Gasteiger partial charge in [0.05, 0.1) is 5.69 Å². The van der Waals surface area contributed by atoms with Crippen LogP contribution >= 0.6 is 11.3 Å². The van der Waals surface area contributed by atoms with Gasteiger partial charge in [-0.1, -0.05) is 0 Å². The van der Waals surface area contributed by atoms with Gasteiger partial charge in [0, 0.05) is 22.6 Å². The molecule has 1 atom stereocenters. The van der Waals surface area contributed by atoms with Crippen LogP contribution in [0.2, 0.25) is 0 Å². The molecule has 112 valence electrons. The summed E-state index contributed by atoms with van der Waals surface area (Å²) in [7, 11) is 0. The SMILES string of the molecule is CCN1c2nc(N)nc(C)c2C=C(c2ccc(C#N)s2)C1O. The lowest BCUT2D eigenvalue weighted by molar-refractivity contribution is 0.226. The Hall–Kier alpha value is -2.43. The Morgan fingerprint density at radius 1 is 1.45 bits per heavy atom. The highest BCUT2D eigenvalue weighted by molar-refractivity contribution is 7.13. The first-order valence-electron chi connectivity index (χ1n) is 6.86. The van der Waals surface area contributed by atoms with Crippen molar-refractivity contribution in [2.75, 3.05) is 17.2 Å². The molecule has 0 aliphatic carbocycles. The lowest BCUT2D eigenvalue weighted by Gasteiger charge is -2.34. The maximum Gasteiger partial charge on any atom is 0.222 e. The average molecular weight is 313 g/mol. The molecule has 3 rings (SSSR count). The van der Waals surface area contributed by atoms with Crippen LogP contribution in [0.25, 0.3) is 11.6 Å². The summed E-state index contributed by atoms with van der Waals surface area (Å²) in [6, 6.07) is 5.73. The molecule has 2 aromatic heterocycles. The van der Waals surface area contributed by atoms with E-state index in [1.807, 2.05) is 26.0 Å². The van der Waals surface area contributed by atoms with Gasteiger partial charge in [-0.25, -0.2) is 4.98 Å². The van der Waals surface area contributed by atoms with Crippen molar-refractivity contribution in [2.45, 2.75) is 20.1 Å². The van der Waals surface area contributed by atoms with Gasteiger partial charge in [-0.2, -0.15) is 10.2 Å². The van der Waals surface area contributed by atoms with Gasteiger partial charge in [0.15, 0.2) is 6.23 Å². The predicted molar refractivity (Wildman–Crippen MR) is 87.1 cm³/mol. The van der Waals surface area contributed by atoms with E-state index in [1.165, 1.54) is 11.3 Å². The molecular formula is C15H15N5OS. The fraction of sp³-hybridized carbons (Fsp3) is 0.267. The van der Waals surface area contributed by atoms with E-state index in [0.717, 1.165) is 21.7 Å². The molecule has 0 amide bonds. The van der Waals surface area contributed by atoms with Crippen LogP contribution in [0.5, 0.6) is 0 Å². The number of thiophene rings is 1. The van der Waals surface area contributed by atoms with Crippen LogP contribution in [0.1, 0.15) is 27.9 Å². The normalized spacial score (nSPS) is 16.9. The number of nitrogens with two attached hydrogens (primary N) is 1. The van der Waals surface area contributed by atoms with Gasteiger partial charge < -0.3 is 15.7 Å². The van der Waals surface area contributed by atoms with Gasteiger partial charge in [-0.3, -0.25) is 0 Å². The summed E-state index contributed by atoms with van der Waals surface area (Å²) in [5.74, 6) is 0.836. The van der Waals surface area contributed by atoms with Gasteiger partial charge in [-0.05, 0) is 32.1 Å². The molecule has 3 heterocycles. The van der Waals surface area contributed by atoms with E-state index in [4.69, 9.17) is 11.0 Å². The van der Waals surface area contributed by atoms with E-state index in [0.29, 0.717) is 17.2 Å². The molecule has 0 aromatic carbocycles. The quantitative estimate of drug-likeness (QED) is 0.879. The molecule has 0 radical (unpaired) electrons. The summed E-state index contributed by atoms with van der Waals surface area (Å²) in [5.41, 5.74) is 8.09. The van der Waals surface area contributed by atoms with Crippen LogP contribution < -0.4 is 10.6 Å². The van der Waals surface area contributed by atoms with Crippen LogP contribution in [0.15, 0.2) is 12.1 Å². The summed E-state index contributed by atoms with van der Waals surface area (Å²) < 4.78 is 0. The highest BCUT2D eigenvalue weighted by atomic mass is 32.1. The first-order valence-corrected chi connectivity index (χ1v) is 7.67. The molecule has 1 aliphatic rings. The minimum Gasteiger partial charge on any atom is -0.369 e. The van der Waals surface area contributed by atoms with Crippen LogP contribution in [-0.2, 0) is 0 Å². The first kappa shape index (κ1) is 14.5. The van der Waals surface area contributed by atoms with Gasteiger partial charge in [-0.15, -0.1) is 11.3 Å². The number of hydrogen-bond acceptors (Lipinski definition) is 7. The van der Waals surface area contributed by atoms with Crippen molar-refractivity contribution in [1.82, 2.24) is 9.97 Å². The van der Waals surface area contributed by atoms with Gasteiger partial charge in [0.1, 0.15) is 16.8 Å². The van der Waals surface area contributed by atoms with Gasteiger partial charge >= 0.3 is 0 Å². The van der Waals surface area contributed by atoms with Crippen LogP contribution in [-0.4, -0.2) is 27.8 Å². The average Bonchev–Trinajstić information content (AvgIpc) is 2.95. The number of aliphatic hydroxyl groups excluding tert-OH is 1. The number of nitrogens with zero attached hydrogens (tertiary/aromatic N) is 4. The molecule has 22 heavy (non-hydrogen) atoms. The van der Waals surface area contributed by atoms with E-state index >= 15 is 0 Å². The smallest absolute Gasteiger partial charge is 0.222 e. The number of nitrogen functional groups attached to an aromatic ring is 1. The fourth-order valence-corrected chi connectivity index (χ4v) is 3.40. The maximum atomic E-state index is 10.7. The molecule has 3 N–H and O–H groups in total. The molecule has 0 fully saturated rings. The number of aromatic nitrogens is 2. The summed E-state index contributed by atoms with van der Waals surface area (Å²) in [5, 5.41) is 19.7. The van der Waals surface area contributed by atoms with Crippen molar-refractivity contribution in [1.29, 1.82) is 5.26 Å². The number of rotatable bonds is 2. The van der Waals surface area contributed by atoms with Gasteiger partial charge in [0.25, 0.3) is 0 Å². The molecule has 1 aliphatic heterocycles. The van der Waals surface area contributed by atoms with E-state index in [9.17, 15) is 5.11 Å². The summed E-state index contributed by atoms with van der Waals surface area (Å²) in [6.07, 6.45) is 1.06. The lowest BCUT2D eigenvalue weighted by atomic mass is 10.0. The van der Waals surface area contributed by atoms with E-state index in [2.05, 4.69) is 16.0 Å². The van der Waals surface area contributed by atoms with Crippen LogP contribution in [0.4, 0.5) is 11.8 Å². The number of nitriles is 1. The molecule has 6 nitrogen and oxygen atoms in total. The molecular weight excluding hydrogens is 298 g/mol. The largest absolute Gasteiger partial charge is 0.369 e. The molecule has 0 saturated carbocycles. The molecule has 0 spiro atoms. The van der Waals surface area contributed by atoms with Crippen LogP contribution in [0, 0.1) is 18.3 Å². The zero-order valence-electron chi connectivity index (χ0n) is 12.2. The number of aliphatic hydroxyl groups is 1. The highest BCUT2D eigenvalue weighted by Gasteiger charge is 2.30. The van der Waals surface area contributed by atoms with Crippen molar-refractivity contribution < 1.29 is 5.11 Å². The third-order valence-electron chi connectivity index (χ3n) is 3.62. The van der Waals surface area contributed by atoms with Gasteiger partial charge in [0.2, 0.25) is 5.95 Å². The number of hydrogen-bond donors (Lipinski definition) is 2. The topological polar surface area (TPSA) is 99.1 Å². The Morgan fingerprint density at radius 3 is 2.86 bits per heavy atom. The summed E-state index contributed by atoms with van der Waals surface area (Å²) in [4.78, 5) is 11.7. The maximum absolute atomic E-state index is 10.7. The zero-order valence-corrected chi connectivity index (χ0v) is 13.1. The second-order valence-corrected chi connectivity index (χ2v) is 6.02. The standard InChI is InChI=1S/C15H15N5OS/c1-3-20-13-10(8(2)18-15(17)19-13)6-11(14(20)21)12-5-4-9(7-16)22-12/h4-6,14,21H,3H2,1-2H3,(H2,17,18,19). The molecule has 7 heteroatoms. The number of likely N-dealkylation sites (N-methyl/N-ethyl adjacent to an activating group) is 1. The summed E-state index contributed by atoms with van der Waals surface area (Å²) in [6.45, 7) is 4.39. The number of anilines is 2. The minimum absolute atomic E-state index is 0.196. The third kappa shape index (κ3) is 2.22. The van der Waals surface area contributed by atoms with E-state index < -0.39 is 6.23 Å². The fourth-order valence-electron chi connectivity index (χ4n) is 2.56. The minimum atomic E-state index is -0.823. The number of aryl methyl sites for hydroxylation is 1. The lowest BCUT2D eigenvalue weighted by Crippen LogP contribution is -2.39. The van der Waals surface area contributed by atoms with Crippen LogP contribution in [0.3, 0.4) is 0 Å². The molecule has 1 unspecified atom stereocenters. The third-order valence-corrected chi connectivity index (χ3v) is 4.66. The molecule has 0 saturated heterocycles. The van der Waals surface area contributed by atoms with Crippen molar-refractivity contribution in [2.24, 2.45) is 0 Å². The predicted octanol–water partition coefficient (Wildman–Crippen LogP) is 2.00. The monoisotopic (exact) mass is 313 g/mol. The molecule has 0 bridgehead atoms. The summed E-state index contributed by atoms with van der Waals surface area (Å²) >= 11 is 1.36. The Bertz CT molecular complexity index is 805. The van der Waals surface area contributed by atoms with Crippen molar-refractivity contribution >= 4 is 34.8 Å². The van der Waals surface area contributed by atoms with E-state index in [-0.39, 0.29) is 5.95 Å². The highest BCUT2D eigenvalue weighted by Crippen LogP contribution is 2.38. The van der Waals surface area contributed by atoms with E-state index in [1.54, 1.807) is 11.0 Å². The Morgan fingerprint density at radius 2 is 2.23 bits per heavy atom. The first-order chi connectivity index (χ1) is 10.5. The number of fused-ring (bicyclic) bond motifs is 1. The Labute approximate surface area is 132 Å². The second kappa shape index (κ2) is 5.40. The Balaban J connectivity index is 2.19. The molecule has 2 aromatic rings. The zero-order chi connectivity index (χ0) is 15.9. The second-order valence-electron chi connectivity index (χ2n) is 4.94. The van der Waals surface area contributed by atoms with Crippen molar-refractivity contribution in [3.63, 3.8) is 0 Å². The van der Waals surface area contributed by atoms with Crippen molar-refractivity contribution in [3.05, 3.63) is 33.1 Å². The Kier molecular flexibility index (Phi) is 3.56.